The Hall–Kier alpha value is -2.95. The summed E-state index contributed by atoms with van der Waals surface area (Å²) in [5.41, 5.74) is -0.680. The lowest BCUT2D eigenvalue weighted by atomic mass is 10.1. The highest BCUT2D eigenvalue weighted by molar-refractivity contribution is 7.98. The number of aryl methyl sites for hydroxylation is 1. The molecule has 126 valence electrons. The van der Waals surface area contributed by atoms with Crippen molar-refractivity contribution in [1.29, 1.82) is 0 Å². The van der Waals surface area contributed by atoms with Gasteiger partial charge in [0.05, 0.1) is 29.9 Å². The van der Waals surface area contributed by atoms with Crippen molar-refractivity contribution in [1.82, 2.24) is 14.9 Å². The van der Waals surface area contributed by atoms with Gasteiger partial charge in [-0.05, 0) is 19.2 Å². The molecule has 0 unspecified atom stereocenters. The molecule has 2 rings (SSSR count). The van der Waals surface area contributed by atoms with E-state index in [0.717, 1.165) is 34.8 Å². The summed E-state index contributed by atoms with van der Waals surface area (Å²) < 4.78 is 5.83. The number of thioether (sulfide) groups is 1. The van der Waals surface area contributed by atoms with E-state index in [4.69, 9.17) is 4.74 Å². The first-order valence-corrected chi connectivity index (χ1v) is 7.71. The maximum Gasteiger partial charge on any atom is 0.296 e. The molecule has 0 aliphatic heterocycles. The zero-order chi connectivity index (χ0) is 17.9. The standard InChI is InChI=1S/C13H13N5O5S/c1-7-12(20)17(13(24-3)16-15-7)14-6-8-4-10(19)11(23-2)5-9(8)18(21)22/h4-6,19H,1-3H3/b14-6-. The molecule has 1 aromatic carbocycles. The molecule has 0 atom stereocenters. The third-order valence-corrected chi connectivity index (χ3v) is 3.61. The molecule has 0 amide bonds. The first kappa shape index (κ1) is 17.4. The van der Waals surface area contributed by atoms with Gasteiger partial charge in [0, 0.05) is 0 Å². The third kappa shape index (κ3) is 3.35. The molecule has 0 aliphatic rings. The highest BCUT2D eigenvalue weighted by Gasteiger charge is 2.18. The number of benzene rings is 1. The minimum absolute atomic E-state index is 0.00622. The molecule has 1 heterocycles. The molecular weight excluding hydrogens is 338 g/mol. The Morgan fingerprint density at radius 3 is 2.75 bits per heavy atom. The van der Waals surface area contributed by atoms with Gasteiger partial charge >= 0.3 is 0 Å². The number of aromatic nitrogens is 3. The van der Waals surface area contributed by atoms with E-state index < -0.39 is 10.5 Å². The van der Waals surface area contributed by atoms with Crippen LogP contribution in [-0.2, 0) is 0 Å². The number of ether oxygens (including phenoxy) is 1. The first-order valence-electron chi connectivity index (χ1n) is 6.49. The number of phenols is 1. The van der Waals surface area contributed by atoms with E-state index in [1.165, 1.54) is 14.0 Å². The van der Waals surface area contributed by atoms with Gasteiger partial charge in [-0.15, -0.1) is 10.2 Å². The van der Waals surface area contributed by atoms with Crippen LogP contribution in [0.2, 0.25) is 0 Å². The van der Waals surface area contributed by atoms with Gasteiger partial charge in [-0.3, -0.25) is 14.9 Å². The minimum atomic E-state index is -0.641. The van der Waals surface area contributed by atoms with Crippen LogP contribution in [0.3, 0.4) is 0 Å². The maximum atomic E-state index is 12.1. The number of nitrogens with zero attached hydrogens (tertiary/aromatic N) is 5. The third-order valence-electron chi connectivity index (χ3n) is 2.99. The van der Waals surface area contributed by atoms with E-state index in [0.29, 0.717) is 0 Å². The zero-order valence-corrected chi connectivity index (χ0v) is 13.8. The molecule has 1 N–H and O–H groups in total. The summed E-state index contributed by atoms with van der Waals surface area (Å²) >= 11 is 1.15. The molecule has 24 heavy (non-hydrogen) atoms. The van der Waals surface area contributed by atoms with Crippen LogP contribution in [0, 0.1) is 17.0 Å². The lowest BCUT2D eigenvalue weighted by molar-refractivity contribution is -0.385. The normalized spacial score (nSPS) is 11.0. The van der Waals surface area contributed by atoms with Crippen LogP contribution in [0.4, 0.5) is 5.69 Å². The Labute approximate surface area is 139 Å². The molecule has 0 spiro atoms. The Morgan fingerprint density at radius 1 is 1.46 bits per heavy atom. The van der Waals surface area contributed by atoms with E-state index in [1.807, 2.05) is 0 Å². The van der Waals surface area contributed by atoms with E-state index in [2.05, 4.69) is 15.3 Å². The highest BCUT2D eigenvalue weighted by atomic mass is 32.2. The maximum absolute atomic E-state index is 12.1. The van der Waals surface area contributed by atoms with Crippen LogP contribution < -0.4 is 10.3 Å². The Bertz CT molecular complexity index is 880. The second-order valence-electron chi connectivity index (χ2n) is 4.47. The molecule has 10 nitrogen and oxygen atoms in total. The summed E-state index contributed by atoms with van der Waals surface area (Å²) in [6, 6.07) is 2.21. The van der Waals surface area contributed by atoms with Gasteiger partial charge in [0.15, 0.2) is 11.5 Å². The number of nitro groups is 1. The molecule has 2 aromatic rings. The van der Waals surface area contributed by atoms with Gasteiger partial charge < -0.3 is 9.84 Å². The van der Waals surface area contributed by atoms with Crippen molar-refractivity contribution in [2.45, 2.75) is 12.1 Å². The first-order chi connectivity index (χ1) is 11.4. The van der Waals surface area contributed by atoms with E-state index in [9.17, 15) is 20.0 Å². The lowest BCUT2D eigenvalue weighted by Crippen LogP contribution is -2.23. The van der Waals surface area contributed by atoms with Gasteiger partial charge in [-0.1, -0.05) is 11.8 Å². The average molecular weight is 351 g/mol. The molecule has 0 fully saturated rings. The highest BCUT2D eigenvalue weighted by Crippen LogP contribution is 2.32. The van der Waals surface area contributed by atoms with Gasteiger partial charge in [0.25, 0.3) is 11.2 Å². The van der Waals surface area contributed by atoms with Gasteiger partial charge in [-0.25, -0.2) is 0 Å². The largest absolute Gasteiger partial charge is 0.504 e. The van der Waals surface area contributed by atoms with Crippen molar-refractivity contribution < 1.29 is 14.8 Å². The van der Waals surface area contributed by atoms with E-state index in [-0.39, 0.29) is 33.6 Å². The van der Waals surface area contributed by atoms with Crippen molar-refractivity contribution >= 4 is 23.7 Å². The summed E-state index contributed by atoms with van der Waals surface area (Å²) in [5, 5.41) is 32.7. The van der Waals surface area contributed by atoms with Crippen LogP contribution in [0.5, 0.6) is 11.5 Å². The smallest absolute Gasteiger partial charge is 0.296 e. The number of hydrogen-bond donors (Lipinski definition) is 1. The molecular formula is C13H13N5O5S. The van der Waals surface area contributed by atoms with Crippen molar-refractivity contribution in [2.75, 3.05) is 13.4 Å². The van der Waals surface area contributed by atoms with Gasteiger partial charge in [0.1, 0.15) is 5.69 Å². The van der Waals surface area contributed by atoms with Crippen LogP contribution in [0.15, 0.2) is 27.2 Å². The van der Waals surface area contributed by atoms with Crippen molar-refractivity contribution in [3.8, 4) is 11.5 Å². The number of nitro benzene ring substituents is 1. The minimum Gasteiger partial charge on any atom is -0.504 e. The fourth-order valence-electron chi connectivity index (χ4n) is 1.79. The van der Waals surface area contributed by atoms with Crippen molar-refractivity contribution in [3.05, 3.63) is 43.9 Å². The summed E-state index contributed by atoms with van der Waals surface area (Å²) in [7, 11) is 1.28. The van der Waals surface area contributed by atoms with Crippen LogP contribution in [0.25, 0.3) is 0 Å². The van der Waals surface area contributed by atoms with E-state index in [1.54, 1.807) is 6.26 Å². The summed E-state index contributed by atoms with van der Waals surface area (Å²) in [6.45, 7) is 1.48. The number of aromatic hydroxyl groups is 1. The van der Waals surface area contributed by atoms with Gasteiger partial charge in [0.2, 0.25) is 5.16 Å². The molecule has 0 radical (unpaired) electrons. The fourth-order valence-corrected chi connectivity index (χ4v) is 2.22. The quantitative estimate of drug-likeness (QED) is 0.367. The predicted molar refractivity (Wildman–Crippen MR) is 87.1 cm³/mol. The Kier molecular flexibility index (Phi) is 5.14. The molecule has 0 saturated heterocycles. The number of hydrogen-bond acceptors (Lipinski definition) is 9. The SMILES string of the molecule is COc1cc([N+](=O)[O-])c(/C=N\n2c(SC)nnc(C)c2=O)cc1O. The monoisotopic (exact) mass is 351 g/mol. The summed E-state index contributed by atoms with van der Waals surface area (Å²) in [4.78, 5) is 22.6. The fraction of sp³-hybridized carbons (Fsp3) is 0.231. The second kappa shape index (κ2) is 7.08. The van der Waals surface area contributed by atoms with Crippen LogP contribution >= 0.6 is 11.8 Å². The number of methoxy groups -OCH3 is 1. The molecule has 0 aliphatic carbocycles. The second-order valence-corrected chi connectivity index (χ2v) is 5.25. The molecule has 0 saturated carbocycles. The predicted octanol–water partition coefficient (Wildman–Crippen LogP) is 1.17. The summed E-state index contributed by atoms with van der Waals surface area (Å²) in [6.07, 6.45) is 2.78. The lowest BCUT2D eigenvalue weighted by Gasteiger charge is -2.06. The van der Waals surface area contributed by atoms with Crippen molar-refractivity contribution in [3.63, 3.8) is 0 Å². The topological polar surface area (TPSA) is 133 Å². The average Bonchev–Trinajstić information content (AvgIpc) is 2.55. The van der Waals surface area contributed by atoms with Crippen LogP contribution in [-0.4, -0.2) is 44.5 Å². The Balaban J connectivity index is 2.58. The molecule has 11 heteroatoms. The van der Waals surface area contributed by atoms with Crippen molar-refractivity contribution in [2.24, 2.45) is 5.10 Å². The molecule has 1 aromatic heterocycles. The van der Waals surface area contributed by atoms with E-state index >= 15 is 0 Å². The zero-order valence-electron chi connectivity index (χ0n) is 13.0. The summed E-state index contributed by atoms with van der Waals surface area (Å²) in [5.74, 6) is -0.326. The number of phenolic OH excluding ortho intramolecular Hbond substituents is 1. The Morgan fingerprint density at radius 2 is 2.17 bits per heavy atom. The number of rotatable bonds is 5. The van der Waals surface area contributed by atoms with Crippen LogP contribution in [0.1, 0.15) is 11.3 Å². The van der Waals surface area contributed by atoms with Gasteiger partial charge in [-0.2, -0.15) is 9.78 Å². The molecule has 0 bridgehead atoms.